The fourth-order valence-electron chi connectivity index (χ4n) is 3.45. The van der Waals surface area contributed by atoms with E-state index in [1.807, 2.05) is 17.0 Å². The predicted molar refractivity (Wildman–Crippen MR) is 104 cm³/mol. The van der Waals surface area contributed by atoms with Crippen molar-refractivity contribution in [2.24, 2.45) is 0 Å². The zero-order valence-electron chi connectivity index (χ0n) is 16.1. The Morgan fingerprint density at radius 2 is 1.73 bits per heavy atom. The molecule has 1 N–H and O–H groups in total. The van der Waals surface area contributed by atoms with Gasteiger partial charge < -0.3 is 19.7 Å². The summed E-state index contributed by atoms with van der Waals surface area (Å²) in [5.74, 6) is -1.29. The normalized spacial score (nSPS) is 18.7. The minimum atomic E-state index is -1.02. The maximum absolute atomic E-state index is 13.2. The Labute approximate surface area is 172 Å². The molecule has 2 amide bonds. The number of nitrogens with one attached hydrogen (secondary N) is 1. The fraction of sp³-hybridized carbons (Fsp3) is 0.333. The van der Waals surface area contributed by atoms with Gasteiger partial charge in [-0.15, -0.1) is 0 Å². The average Bonchev–Trinajstić information content (AvgIpc) is 2.76. The molecular weight excluding hydrogens is 396 g/mol. The van der Waals surface area contributed by atoms with Gasteiger partial charge in [-0.1, -0.05) is 12.1 Å². The van der Waals surface area contributed by atoms with Crippen molar-refractivity contribution in [3.63, 3.8) is 0 Å². The molecule has 0 unspecified atom stereocenters. The molecule has 2 aliphatic rings. The second-order valence-electron chi connectivity index (χ2n) is 7.14. The number of anilines is 1. The van der Waals surface area contributed by atoms with Crippen LogP contribution < -0.4 is 14.8 Å². The number of nitrogens with zero attached hydrogens (tertiary/aromatic N) is 2. The number of amides is 2. The van der Waals surface area contributed by atoms with Crippen molar-refractivity contribution in [2.45, 2.75) is 6.10 Å². The molecule has 2 aromatic carbocycles. The van der Waals surface area contributed by atoms with Crippen LogP contribution in [0.15, 0.2) is 42.5 Å². The van der Waals surface area contributed by atoms with Gasteiger partial charge in [0.2, 0.25) is 12.0 Å². The Bertz CT molecular complexity index is 948. The van der Waals surface area contributed by atoms with E-state index < -0.39 is 17.7 Å². The first-order valence-corrected chi connectivity index (χ1v) is 9.64. The van der Waals surface area contributed by atoms with E-state index in [0.29, 0.717) is 37.7 Å². The third kappa shape index (κ3) is 4.51. The van der Waals surface area contributed by atoms with E-state index in [9.17, 15) is 18.4 Å². The molecule has 30 heavy (non-hydrogen) atoms. The lowest BCUT2D eigenvalue weighted by molar-refractivity contribution is -0.143. The zero-order valence-corrected chi connectivity index (χ0v) is 16.1. The predicted octanol–water partition coefficient (Wildman–Crippen LogP) is 1.89. The Morgan fingerprint density at radius 3 is 2.47 bits per heavy atom. The third-order valence-corrected chi connectivity index (χ3v) is 5.04. The SMILES string of the molecule is O=C(CN1CCN(C(=O)[C@H]2COc3ccccc3O2)CC1)Nc1ccc(F)c(F)c1. The number of piperazine rings is 1. The van der Waals surface area contributed by atoms with Crippen LogP contribution in [0.2, 0.25) is 0 Å². The summed E-state index contributed by atoms with van der Waals surface area (Å²) < 4.78 is 37.6. The summed E-state index contributed by atoms with van der Waals surface area (Å²) in [5.41, 5.74) is 0.197. The van der Waals surface area contributed by atoms with Gasteiger partial charge in [-0.2, -0.15) is 0 Å². The smallest absolute Gasteiger partial charge is 0.267 e. The molecule has 9 heteroatoms. The monoisotopic (exact) mass is 417 g/mol. The molecule has 1 saturated heterocycles. The van der Waals surface area contributed by atoms with E-state index in [1.54, 1.807) is 17.0 Å². The van der Waals surface area contributed by atoms with Crippen LogP contribution in [-0.2, 0) is 9.59 Å². The molecule has 2 heterocycles. The van der Waals surface area contributed by atoms with Gasteiger partial charge in [-0.05, 0) is 24.3 Å². The van der Waals surface area contributed by atoms with Gasteiger partial charge in [0.05, 0.1) is 6.54 Å². The van der Waals surface area contributed by atoms with Crippen LogP contribution in [0.1, 0.15) is 0 Å². The molecule has 0 spiro atoms. The van der Waals surface area contributed by atoms with Crippen LogP contribution in [0.3, 0.4) is 0 Å². The number of hydrogen-bond donors (Lipinski definition) is 1. The topological polar surface area (TPSA) is 71.1 Å². The molecule has 0 aromatic heterocycles. The number of ether oxygens (including phenoxy) is 2. The highest BCUT2D eigenvalue weighted by atomic mass is 19.2. The minimum absolute atomic E-state index is 0.0947. The number of para-hydroxylation sites is 2. The molecule has 0 radical (unpaired) electrons. The van der Waals surface area contributed by atoms with Crippen LogP contribution >= 0.6 is 0 Å². The van der Waals surface area contributed by atoms with Gasteiger partial charge >= 0.3 is 0 Å². The summed E-state index contributed by atoms with van der Waals surface area (Å²) in [4.78, 5) is 28.5. The fourth-order valence-corrected chi connectivity index (χ4v) is 3.45. The van der Waals surface area contributed by atoms with E-state index in [2.05, 4.69) is 5.32 Å². The van der Waals surface area contributed by atoms with Crippen LogP contribution in [0.25, 0.3) is 0 Å². The number of hydrogen-bond acceptors (Lipinski definition) is 5. The largest absolute Gasteiger partial charge is 0.485 e. The number of carbonyl (C=O) groups is 2. The highest BCUT2D eigenvalue weighted by molar-refractivity contribution is 5.92. The molecule has 7 nitrogen and oxygen atoms in total. The van der Waals surface area contributed by atoms with E-state index in [1.165, 1.54) is 6.07 Å². The van der Waals surface area contributed by atoms with Crippen LogP contribution in [0.5, 0.6) is 11.5 Å². The van der Waals surface area contributed by atoms with Crippen LogP contribution in [-0.4, -0.2) is 67.0 Å². The van der Waals surface area contributed by atoms with Crippen molar-refractivity contribution in [1.29, 1.82) is 0 Å². The first kappa shape index (κ1) is 20.1. The van der Waals surface area contributed by atoms with Crippen LogP contribution in [0, 0.1) is 11.6 Å². The second-order valence-corrected chi connectivity index (χ2v) is 7.14. The van der Waals surface area contributed by atoms with Crippen molar-refractivity contribution in [2.75, 3.05) is 44.6 Å². The molecule has 2 aliphatic heterocycles. The van der Waals surface area contributed by atoms with Gasteiger partial charge in [0, 0.05) is 37.9 Å². The molecule has 2 aromatic rings. The average molecular weight is 417 g/mol. The molecule has 1 atom stereocenters. The summed E-state index contributed by atoms with van der Waals surface area (Å²) in [6, 6.07) is 10.4. The van der Waals surface area contributed by atoms with Gasteiger partial charge in [-0.25, -0.2) is 8.78 Å². The lowest BCUT2D eigenvalue weighted by Crippen LogP contribution is -2.54. The number of halogens is 2. The summed E-state index contributed by atoms with van der Waals surface area (Å²) in [5, 5.41) is 2.55. The second kappa shape index (κ2) is 8.66. The molecule has 4 rings (SSSR count). The van der Waals surface area contributed by atoms with Crippen molar-refractivity contribution in [1.82, 2.24) is 9.80 Å². The highest BCUT2D eigenvalue weighted by Gasteiger charge is 2.32. The molecule has 0 bridgehead atoms. The van der Waals surface area contributed by atoms with E-state index >= 15 is 0 Å². The first-order valence-electron chi connectivity index (χ1n) is 9.64. The summed E-state index contributed by atoms with van der Waals surface area (Å²) in [6.45, 7) is 2.20. The highest BCUT2D eigenvalue weighted by Crippen LogP contribution is 2.31. The van der Waals surface area contributed by atoms with Crippen LogP contribution in [0.4, 0.5) is 14.5 Å². The van der Waals surface area contributed by atoms with Gasteiger partial charge in [0.15, 0.2) is 23.1 Å². The third-order valence-electron chi connectivity index (χ3n) is 5.04. The first-order chi connectivity index (χ1) is 14.5. The number of rotatable bonds is 4. The summed E-state index contributed by atoms with van der Waals surface area (Å²) in [7, 11) is 0. The Morgan fingerprint density at radius 1 is 1.00 bits per heavy atom. The van der Waals surface area contributed by atoms with Crippen molar-refractivity contribution < 1.29 is 27.8 Å². The van der Waals surface area contributed by atoms with E-state index in [-0.39, 0.29) is 30.7 Å². The molecular formula is C21H21F2N3O4. The maximum atomic E-state index is 13.2. The summed E-state index contributed by atoms with van der Waals surface area (Å²) in [6.07, 6.45) is -0.692. The Balaban J connectivity index is 1.25. The molecule has 158 valence electrons. The lowest BCUT2D eigenvalue weighted by atomic mass is 10.2. The lowest BCUT2D eigenvalue weighted by Gasteiger charge is -2.36. The minimum Gasteiger partial charge on any atom is -0.485 e. The quantitative estimate of drug-likeness (QED) is 0.823. The van der Waals surface area contributed by atoms with Gasteiger partial charge in [0.1, 0.15) is 6.61 Å². The molecule has 0 saturated carbocycles. The van der Waals surface area contributed by atoms with Crippen molar-refractivity contribution >= 4 is 17.5 Å². The maximum Gasteiger partial charge on any atom is 0.267 e. The Hall–Kier alpha value is -3.20. The number of fused-ring (bicyclic) bond motifs is 1. The van der Waals surface area contributed by atoms with Crippen molar-refractivity contribution in [3.8, 4) is 11.5 Å². The van der Waals surface area contributed by atoms with Gasteiger partial charge in [0.25, 0.3) is 5.91 Å². The zero-order chi connectivity index (χ0) is 21.1. The molecule has 0 aliphatic carbocycles. The Kier molecular flexibility index (Phi) is 5.80. The standard InChI is InChI=1S/C21H21F2N3O4/c22-15-6-5-14(11-16(15)23)24-20(27)12-25-7-9-26(10-8-25)21(28)19-13-29-17-3-1-2-4-18(17)30-19/h1-6,11,19H,7-10,12-13H2,(H,24,27)/t19-/m1/s1. The van der Waals surface area contributed by atoms with E-state index in [0.717, 1.165) is 12.1 Å². The molecule has 1 fully saturated rings. The van der Waals surface area contributed by atoms with E-state index in [4.69, 9.17) is 9.47 Å². The summed E-state index contributed by atoms with van der Waals surface area (Å²) >= 11 is 0. The van der Waals surface area contributed by atoms with Gasteiger partial charge in [-0.3, -0.25) is 14.5 Å². The number of benzene rings is 2. The van der Waals surface area contributed by atoms with Crippen molar-refractivity contribution in [3.05, 3.63) is 54.1 Å². The number of carbonyl (C=O) groups excluding carboxylic acids is 2.